The van der Waals surface area contributed by atoms with Gasteiger partial charge in [-0.1, -0.05) is 24.3 Å². The van der Waals surface area contributed by atoms with E-state index in [9.17, 15) is 14.4 Å². The number of methoxy groups -OCH3 is 1. The zero-order chi connectivity index (χ0) is 20.4. The fraction of sp³-hybridized carbons (Fsp3) is 0.143. The molecule has 1 aliphatic rings. The van der Waals surface area contributed by atoms with E-state index in [1.54, 1.807) is 31.4 Å². The van der Waals surface area contributed by atoms with Crippen molar-refractivity contribution < 1.29 is 19.1 Å². The van der Waals surface area contributed by atoms with Crippen molar-refractivity contribution in [3.63, 3.8) is 0 Å². The molecule has 2 heterocycles. The third kappa shape index (κ3) is 3.62. The number of ether oxygens (including phenoxy) is 1. The summed E-state index contributed by atoms with van der Waals surface area (Å²) >= 11 is 1.29. The van der Waals surface area contributed by atoms with Crippen LogP contribution in [0.25, 0.3) is 11.3 Å². The Bertz CT molecular complexity index is 1070. The molecule has 29 heavy (non-hydrogen) atoms. The number of hydrogen-bond donors (Lipinski definition) is 1. The first-order valence-electron chi connectivity index (χ1n) is 8.92. The molecule has 0 saturated heterocycles. The Kier molecular flexibility index (Phi) is 5.09. The van der Waals surface area contributed by atoms with E-state index < -0.39 is 0 Å². The number of fused-ring (bicyclic) bond motifs is 1. The molecule has 4 rings (SSSR count). The Balaban J connectivity index is 1.38. The molecular weight excluding hydrogens is 390 g/mol. The number of anilines is 1. The minimum Gasteiger partial charge on any atom is -0.496 e. The fourth-order valence-corrected chi connectivity index (χ4v) is 3.88. The van der Waals surface area contributed by atoms with Gasteiger partial charge in [0.05, 0.1) is 23.9 Å². The zero-order valence-electron chi connectivity index (χ0n) is 15.5. The van der Waals surface area contributed by atoms with Crippen LogP contribution in [0.4, 0.5) is 5.13 Å². The maximum absolute atomic E-state index is 12.3. The molecule has 3 amide bonds. The summed E-state index contributed by atoms with van der Waals surface area (Å²) in [7, 11) is 1.59. The maximum Gasteiger partial charge on any atom is 0.261 e. The Morgan fingerprint density at radius 3 is 2.31 bits per heavy atom. The van der Waals surface area contributed by atoms with Crippen molar-refractivity contribution in [2.24, 2.45) is 0 Å². The second-order valence-electron chi connectivity index (χ2n) is 6.34. The van der Waals surface area contributed by atoms with E-state index in [0.29, 0.717) is 27.7 Å². The molecule has 8 heteroatoms. The van der Waals surface area contributed by atoms with Gasteiger partial charge >= 0.3 is 0 Å². The lowest BCUT2D eigenvalue weighted by Gasteiger charge is -2.12. The van der Waals surface area contributed by atoms with Gasteiger partial charge in [0.25, 0.3) is 11.8 Å². The van der Waals surface area contributed by atoms with E-state index >= 15 is 0 Å². The summed E-state index contributed by atoms with van der Waals surface area (Å²) in [6, 6.07) is 14.1. The first-order chi connectivity index (χ1) is 14.1. The van der Waals surface area contributed by atoms with Gasteiger partial charge in [0, 0.05) is 23.9 Å². The van der Waals surface area contributed by atoms with Crippen LogP contribution in [-0.2, 0) is 4.79 Å². The van der Waals surface area contributed by atoms with Crippen molar-refractivity contribution in [2.45, 2.75) is 6.42 Å². The third-order valence-corrected chi connectivity index (χ3v) is 5.33. The van der Waals surface area contributed by atoms with Crippen molar-refractivity contribution in [1.29, 1.82) is 0 Å². The molecule has 1 aliphatic heterocycles. The molecule has 146 valence electrons. The Morgan fingerprint density at radius 2 is 1.66 bits per heavy atom. The predicted molar refractivity (Wildman–Crippen MR) is 109 cm³/mol. The topological polar surface area (TPSA) is 88.6 Å². The third-order valence-electron chi connectivity index (χ3n) is 4.57. The van der Waals surface area contributed by atoms with Crippen molar-refractivity contribution in [1.82, 2.24) is 9.88 Å². The summed E-state index contributed by atoms with van der Waals surface area (Å²) in [5.41, 5.74) is 2.28. The minimum absolute atomic E-state index is 0.00492. The van der Waals surface area contributed by atoms with Crippen LogP contribution < -0.4 is 10.1 Å². The van der Waals surface area contributed by atoms with Crippen LogP contribution in [0.5, 0.6) is 5.75 Å². The average molecular weight is 407 g/mol. The van der Waals surface area contributed by atoms with Crippen LogP contribution in [0.15, 0.2) is 53.9 Å². The van der Waals surface area contributed by atoms with Crippen LogP contribution in [0.3, 0.4) is 0 Å². The van der Waals surface area contributed by atoms with E-state index in [2.05, 4.69) is 10.3 Å². The summed E-state index contributed by atoms with van der Waals surface area (Å²) in [6.45, 7) is 0.0168. The summed E-state index contributed by atoms with van der Waals surface area (Å²) in [5, 5.41) is 5.00. The second kappa shape index (κ2) is 7.84. The quantitative estimate of drug-likeness (QED) is 0.633. The number of nitrogens with one attached hydrogen (secondary N) is 1. The van der Waals surface area contributed by atoms with Gasteiger partial charge < -0.3 is 10.1 Å². The van der Waals surface area contributed by atoms with Gasteiger partial charge in [-0.05, 0) is 24.3 Å². The summed E-state index contributed by atoms with van der Waals surface area (Å²) in [5.74, 6) is -0.360. The van der Waals surface area contributed by atoms with E-state index in [1.165, 1.54) is 11.3 Å². The number of nitrogens with zero attached hydrogens (tertiary/aromatic N) is 2. The number of thiazole rings is 1. The van der Waals surface area contributed by atoms with E-state index in [0.717, 1.165) is 10.5 Å². The summed E-state index contributed by atoms with van der Waals surface area (Å²) in [4.78, 5) is 42.5. The zero-order valence-corrected chi connectivity index (χ0v) is 16.4. The lowest BCUT2D eigenvalue weighted by atomic mass is 10.1. The number of imide groups is 1. The van der Waals surface area contributed by atoms with Gasteiger partial charge in [-0.25, -0.2) is 4.98 Å². The maximum atomic E-state index is 12.3. The normalized spacial score (nSPS) is 12.8. The lowest BCUT2D eigenvalue weighted by molar-refractivity contribution is -0.116. The molecule has 2 aromatic carbocycles. The first-order valence-corrected chi connectivity index (χ1v) is 9.80. The average Bonchev–Trinajstić information content (AvgIpc) is 3.30. The SMILES string of the molecule is COc1ccccc1-c1csc(NC(=O)CCN2C(=O)c3ccccc3C2=O)n1. The summed E-state index contributed by atoms with van der Waals surface area (Å²) in [6.07, 6.45) is -0.00492. The number of hydrogen-bond acceptors (Lipinski definition) is 6. The number of rotatable bonds is 6. The highest BCUT2D eigenvalue weighted by molar-refractivity contribution is 7.14. The molecule has 0 aliphatic carbocycles. The molecule has 0 spiro atoms. The van der Waals surface area contributed by atoms with Crippen LogP contribution in [0, 0.1) is 0 Å². The van der Waals surface area contributed by atoms with Crippen molar-refractivity contribution in [2.75, 3.05) is 19.0 Å². The van der Waals surface area contributed by atoms with Gasteiger partial charge in [0.1, 0.15) is 5.75 Å². The monoisotopic (exact) mass is 407 g/mol. The second-order valence-corrected chi connectivity index (χ2v) is 7.20. The number of aromatic nitrogens is 1. The summed E-state index contributed by atoms with van der Waals surface area (Å²) < 4.78 is 5.34. The predicted octanol–water partition coefficient (Wildman–Crippen LogP) is 3.44. The molecular formula is C21H17N3O4S. The molecule has 0 radical (unpaired) electrons. The molecule has 0 bridgehead atoms. The van der Waals surface area contributed by atoms with Gasteiger partial charge in [-0.15, -0.1) is 11.3 Å². The number of carbonyl (C=O) groups is 3. The molecule has 7 nitrogen and oxygen atoms in total. The van der Waals surface area contributed by atoms with Gasteiger partial charge in [-0.3, -0.25) is 19.3 Å². The molecule has 1 aromatic heterocycles. The van der Waals surface area contributed by atoms with Gasteiger partial charge in [-0.2, -0.15) is 0 Å². The van der Waals surface area contributed by atoms with Crippen LogP contribution >= 0.6 is 11.3 Å². The van der Waals surface area contributed by atoms with Crippen molar-refractivity contribution in [3.8, 4) is 17.0 Å². The molecule has 0 fully saturated rings. The molecule has 0 saturated carbocycles. The Hall–Kier alpha value is -3.52. The number of carbonyl (C=O) groups excluding carboxylic acids is 3. The van der Waals surface area contributed by atoms with Crippen molar-refractivity contribution >= 4 is 34.2 Å². The highest BCUT2D eigenvalue weighted by Gasteiger charge is 2.34. The fourth-order valence-electron chi connectivity index (χ4n) is 3.15. The number of amides is 3. The lowest BCUT2D eigenvalue weighted by Crippen LogP contribution is -2.32. The van der Waals surface area contributed by atoms with Crippen molar-refractivity contribution in [3.05, 3.63) is 65.0 Å². The number of benzene rings is 2. The van der Waals surface area contributed by atoms with Crippen LogP contribution in [0.1, 0.15) is 27.1 Å². The minimum atomic E-state index is -0.369. The molecule has 0 unspecified atom stereocenters. The van der Waals surface area contributed by atoms with Crippen LogP contribution in [0.2, 0.25) is 0 Å². The molecule has 3 aromatic rings. The Morgan fingerprint density at radius 1 is 1.03 bits per heavy atom. The highest BCUT2D eigenvalue weighted by Crippen LogP contribution is 2.32. The standard InChI is InChI=1S/C21H17N3O4S/c1-28-17-9-5-4-8-15(17)16-12-29-21(22-16)23-18(25)10-11-24-19(26)13-6-2-3-7-14(13)20(24)27/h2-9,12H,10-11H2,1H3,(H,22,23,25). The smallest absolute Gasteiger partial charge is 0.261 e. The van der Waals surface area contributed by atoms with E-state index in [-0.39, 0.29) is 30.7 Å². The number of para-hydroxylation sites is 1. The first kappa shape index (κ1) is 18.8. The molecule has 1 N–H and O–H groups in total. The highest BCUT2D eigenvalue weighted by atomic mass is 32.1. The van der Waals surface area contributed by atoms with Gasteiger partial charge in [0.15, 0.2) is 5.13 Å². The largest absolute Gasteiger partial charge is 0.496 e. The van der Waals surface area contributed by atoms with Crippen LogP contribution in [-0.4, -0.2) is 41.3 Å². The Labute approximate surface area is 170 Å². The van der Waals surface area contributed by atoms with E-state index in [4.69, 9.17) is 4.74 Å². The molecule has 0 atom stereocenters. The van der Waals surface area contributed by atoms with E-state index in [1.807, 2.05) is 29.6 Å². The van der Waals surface area contributed by atoms with Gasteiger partial charge in [0.2, 0.25) is 5.91 Å².